The molecule has 2 aromatic carbocycles. The summed E-state index contributed by atoms with van der Waals surface area (Å²) in [5.74, 6) is 1.07. The Morgan fingerprint density at radius 2 is 1.96 bits per heavy atom. The van der Waals surface area contributed by atoms with Gasteiger partial charge in [-0.25, -0.2) is 5.43 Å². The zero-order chi connectivity index (χ0) is 18.2. The Kier molecular flexibility index (Phi) is 6.65. The molecule has 25 heavy (non-hydrogen) atoms. The molecule has 0 unspecified atom stereocenters. The Bertz CT molecular complexity index is 778. The van der Waals surface area contributed by atoms with Crippen molar-refractivity contribution in [2.24, 2.45) is 5.10 Å². The van der Waals surface area contributed by atoms with E-state index in [-0.39, 0.29) is 12.5 Å². The summed E-state index contributed by atoms with van der Waals surface area (Å²) in [7, 11) is 3.16. The van der Waals surface area contributed by atoms with E-state index >= 15 is 0 Å². The van der Waals surface area contributed by atoms with Crippen LogP contribution >= 0.6 is 11.6 Å². The van der Waals surface area contributed by atoms with Crippen LogP contribution in [0.1, 0.15) is 12.5 Å². The lowest BCUT2D eigenvalue weighted by Crippen LogP contribution is -2.26. The first kappa shape index (κ1) is 18.6. The third-order valence-electron chi connectivity index (χ3n) is 3.42. The fraction of sp³-hybridized carbons (Fsp3) is 0.222. The van der Waals surface area contributed by atoms with Crippen molar-refractivity contribution >= 4 is 28.9 Å². The first-order valence-corrected chi connectivity index (χ1v) is 7.96. The molecule has 0 atom stereocenters. The van der Waals surface area contributed by atoms with Gasteiger partial charge in [0.15, 0.2) is 0 Å². The highest BCUT2D eigenvalue weighted by Crippen LogP contribution is 2.23. The number of halogens is 1. The van der Waals surface area contributed by atoms with E-state index in [2.05, 4.69) is 15.8 Å². The van der Waals surface area contributed by atoms with Crippen molar-refractivity contribution in [2.45, 2.75) is 6.92 Å². The molecule has 0 aliphatic rings. The second kappa shape index (κ2) is 8.94. The van der Waals surface area contributed by atoms with E-state index in [0.29, 0.717) is 22.2 Å². The minimum Gasteiger partial charge on any atom is -0.497 e. The van der Waals surface area contributed by atoms with Crippen LogP contribution < -0.4 is 20.2 Å². The molecule has 2 N–H and O–H groups in total. The largest absolute Gasteiger partial charge is 0.497 e. The molecule has 0 saturated carbocycles. The van der Waals surface area contributed by atoms with Crippen LogP contribution in [0.5, 0.6) is 11.5 Å². The van der Waals surface area contributed by atoms with Crippen molar-refractivity contribution in [2.75, 3.05) is 26.1 Å². The topological polar surface area (TPSA) is 72.0 Å². The maximum absolute atomic E-state index is 12.0. The van der Waals surface area contributed by atoms with Crippen molar-refractivity contribution in [1.82, 2.24) is 5.43 Å². The Morgan fingerprint density at radius 3 is 2.68 bits per heavy atom. The van der Waals surface area contributed by atoms with E-state index in [1.807, 2.05) is 18.2 Å². The number of hydrogen-bond donors (Lipinski definition) is 2. The minimum absolute atomic E-state index is 0.0800. The molecular formula is C18H20ClN3O3. The number of ether oxygens (including phenoxy) is 2. The summed E-state index contributed by atoms with van der Waals surface area (Å²) < 4.78 is 10.4. The van der Waals surface area contributed by atoms with E-state index in [1.165, 1.54) is 0 Å². The van der Waals surface area contributed by atoms with E-state index in [1.54, 1.807) is 45.4 Å². The average Bonchev–Trinajstić information content (AvgIpc) is 2.64. The zero-order valence-corrected chi connectivity index (χ0v) is 15.1. The third-order valence-corrected chi connectivity index (χ3v) is 3.66. The fourth-order valence-corrected chi connectivity index (χ4v) is 2.30. The maximum atomic E-state index is 12.0. The first-order valence-electron chi connectivity index (χ1n) is 7.58. The Hall–Kier alpha value is -2.73. The molecule has 2 aromatic rings. The molecule has 0 heterocycles. The zero-order valence-electron chi connectivity index (χ0n) is 14.3. The highest BCUT2D eigenvalue weighted by molar-refractivity contribution is 6.31. The lowest BCUT2D eigenvalue weighted by Gasteiger charge is -2.09. The minimum atomic E-state index is -0.275. The Morgan fingerprint density at radius 1 is 1.16 bits per heavy atom. The highest BCUT2D eigenvalue weighted by atomic mass is 35.5. The monoisotopic (exact) mass is 361 g/mol. The molecule has 0 fully saturated rings. The van der Waals surface area contributed by atoms with Crippen molar-refractivity contribution in [1.29, 1.82) is 0 Å². The molecule has 0 aliphatic heterocycles. The van der Waals surface area contributed by atoms with Gasteiger partial charge in [-0.3, -0.25) is 4.79 Å². The first-order chi connectivity index (χ1) is 12.0. The molecule has 0 bridgehead atoms. The number of anilines is 1. The molecule has 6 nitrogen and oxygen atoms in total. The van der Waals surface area contributed by atoms with Crippen LogP contribution in [0, 0.1) is 0 Å². The van der Waals surface area contributed by atoms with Crippen molar-refractivity contribution in [3.05, 3.63) is 53.1 Å². The van der Waals surface area contributed by atoms with Crippen LogP contribution in [0.15, 0.2) is 47.6 Å². The second-order valence-electron chi connectivity index (χ2n) is 5.16. The van der Waals surface area contributed by atoms with Crippen LogP contribution in [0.2, 0.25) is 5.02 Å². The van der Waals surface area contributed by atoms with Crippen molar-refractivity contribution in [3.8, 4) is 11.5 Å². The number of amides is 1. The van der Waals surface area contributed by atoms with Gasteiger partial charge in [0, 0.05) is 22.3 Å². The standard InChI is InChI=1S/C18H20ClN3O3/c1-12(16-9-13(19)7-8-17(16)25-3)21-22-18(23)11-20-14-5-4-6-15(10-14)24-2/h4-10,20H,11H2,1-3H3,(H,22,23)/b21-12-. The Balaban J connectivity index is 1.96. The summed E-state index contributed by atoms with van der Waals surface area (Å²) in [6.07, 6.45) is 0. The lowest BCUT2D eigenvalue weighted by atomic mass is 10.1. The molecule has 132 valence electrons. The molecule has 0 radical (unpaired) electrons. The number of hydrazone groups is 1. The molecule has 0 aromatic heterocycles. The molecule has 1 amide bonds. The summed E-state index contributed by atoms with van der Waals surface area (Å²) in [5, 5.41) is 7.68. The number of hydrogen-bond acceptors (Lipinski definition) is 5. The van der Waals surface area contributed by atoms with Crippen LogP contribution in [0.4, 0.5) is 5.69 Å². The van der Waals surface area contributed by atoms with Gasteiger partial charge in [0.1, 0.15) is 11.5 Å². The molecule has 0 aliphatic carbocycles. The predicted octanol–water partition coefficient (Wildman–Crippen LogP) is 3.31. The van der Waals surface area contributed by atoms with Gasteiger partial charge < -0.3 is 14.8 Å². The number of carbonyl (C=O) groups excluding carboxylic acids is 1. The number of nitrogens with one attached hydrogen (secondary N) is 2. The molecule has 0 saturated heterocycles. The SMILES string of the molecule is COc1cccc(NCC(=O)N/N=C(/C)c2cc(Cl)ccc2OC)c1. The fourth-order valence-electron chi connectivity index (χ4n) is 2.12. The number of nitrogens with zero attached hydrogens (tertiary/aromatic N) is 1. The number of carbonyl (C=O) groups is 1. The van der Waals surface area contributed by atoms with Gasteiger partial charge in [-0.15, -0.1) is 0 Å². The third kappa shape index (κ3) is 5.39. The van der Waals surface area contributed by atoms with E-state index in [4.69, 9.17) is 21.1 Å². The molecular weight excluding hydrogens is 342 g/mol. The highest BCUT2D eigenvalue weighted by Gasteiger charge is 2.08. The lowest BCUT2D eigenvalue weighted by molar-refractivity contribution is -0.119. The summed E-state index contributed by atoms with van der Waals surface area (Å²) in [6.45, 7) is 1.85. The average molecular weight is 362 g/mol. The van der Waals surface area contributed by atoms with Gasteiger partial charge in [0.25, 0.3) is 5.91 Å². The van der Waals surface area contributed by atoms with Crippen molar-refractivity contribution < 1.29 is 14.3 Å². The van der Waals surface area contributed by atoms with Gasteiger partial charge >= 0.3 is 0 Å². The second-order valence-corrected chi connectivity index (χ2v) is 5.60. The number of methoxy groups -OCH3 is 2. The van der Waals surface area contributed by atoms with E-state index < -0.39 is 0 Å². The molecule has 2 rings (SSSR count). The van der Waals surface area contributed by atoms with Crippen molar-refractivity contribution in [3.63, 3.8) is 0 Å². The van der Waals surface area contributed by atoms with Crippen LogP contribution in [0.3, 0.4) is 0 Å². The quantitative estimate of drug-likeness (QED) is 0.586. The van der Waals surface area contributed by atoms with Gasteiger partial charge in [-0.1, -0.05) is 17.7 Å². The van der Waals surface area contributed by atoms with E-state index in [0.717, 1.165) is 11.3 Å². The van der Waals surface area contributed by atoms with Gasteiger partial charge in [0.2, 0.25) is 0 Å². The summed E-state index contributed by atoms with van der Waals surface area (Å²) in [4.78, 5) is 12.0. The normalized spacial score (nSPS) is 11.0. The summed E-state index contributed by atoms with van der Waals surface area (Å²) in [5.41, 5.74) is 4.60. The van der Waals surface area contributed by atoms with Gasteiger partial charge in [-0.2, -0.15) is 5.10 Å². The smallest absolute Gasteiger partial charge is 0.259 e. The summed E-state index contributed by atoms with van der Waals surface area (Å²) >= 11 is 6.00. The number of rotatable bonds is 7. The number of benzene rings is 2. The van der Waals surface area contributed by atoms with E-state index in [9.17, 15) is 4.79 Å². The predicted molar refractivity (Wildman–Crippen MR) is 99.8 cm³/mol. The van der Waals surface area contributed by atoms with Gasteiger partial charge in [-0.05, 0) is 37.3 Å². The Labute approximate surface area is 151 Å². The molecule has 7 heteroatoms. The maximum Gasteiger partial charge on any atom is 0.259 e. The molecule has 0 spiro atoms. The summed E-state index contributed by atoms with van der Waals surface area (Å²) in [6, 6.07) is 12.5. The van der Waals surface area contributed by atoms with Gasteiger partial charge in [0.05, 0.1) is 26.5 Å². The van der Waals surface area contributed by atoms with Crippen LogP contribution in [0.25, 0.3) is 0 Å². The van der Waals surface area contributed by atoms with Crippen LogP contribution in [-0.4, -0.2) is 32.4 Å². The van der Waals surface area contributed by atoms with Crippen LogP contribution in [-0.2, 0) is 4.79 Å².